The van der Waals surface area contributed by atoms with Crippen LogP contribution in [0.5, 0.6) is 0 Å². The highest BCUT2D eigenvalue weighted by Gasteiger charge is 2.63. The van der Waals surface area contributed by atoms with E-state index in [1.807, 2.05) is 24.0 Å². The van der Waals surface area contributed by atoms with Gasteiger partial charge in [0.2, 0.25) is 23.6 Å². The van der Waals surface area contributed by atoms with Crippen LogP contribution in [0, 0.1) is 18.3 Å². The minimum Gasteiger partial charge on any atom is -0.344 e. The van der Waals surface area contributed by atoms with Gasteiger partial charge >= 0.3 is 0 Å². The lowest BCUT2D eigenvalue weighted by molar-refractivity contribution is -0.207. The summed E-state index contributed by atoms with van der Waals surface area (Å²) in [7, 11) is 0. The first-order valence-corrected chi connectivity index (χ1v) is 14.4. The molecule has 2 atom stereocenters. The maximum absolute atomic E-state index is 13.7. The third-order valence-electron chi connectivity index (χ3n) is 9.78. The molecule has 2 N–H and O–H groups in total. The summed E-state index contributed by atoms with van der Waals surface area (Å²) in [6.07, 6.45) is 5.53. The van der Waals surface area contributed by atoms with Gasteiger partial charge in [0.25, 0.3) is 0 Å². The van der Waals surface area contributed by atoms with Gasteiger partial charge in [0.05, 0.1) is 17.6 Å². The first-order valence-electron chi connectivity index (χ1n) is 14.4. The molecular formula is C30H38F2N4O3. The topological polar surface area (TPSA) is 90.9 Å². The van der Waals surface area contributed by atoms with Gasteiger partial charge in [-0.3, -0.25) is 19.4 Å². The summed E-state index contributed by atoms with van der Waals surface area (Å²) in [5, 5.41) is 6.01. The molecule has 0 aromatic heterocycles. The van der Waals surface area contributed by atoms with Gasteiger partial charge in [-0.15, -0.1) is 0 Å². The predicted octanol–water partition coefficient (Wildman–Crippen LogP) is 4.37. The zero-order chi connectivity index (χ0) is 27.6. The molecule has 0 bridgehead atoms. The first kappa shape index (κ1) is 26.4. The molecule has 210 valence electrons. The van der Waals surface area contributed by atoms with E-state index in [1.165, 1.54) is 11.1 Å². The van der Waals surface area contributed by atoms with Gasteiger partial charge in [0, 0.05) is 43.5 Å². The molecule has 5 aliphatic rings. The van der Waals surface area contributed by atoms with Crippen molar-refractivity contribution in [1.29, 1.82) is 0 Å². The van der Waals surface area contributed by atoms with Gasteiger partial charge in [-0.2, -0.15) is 0 Å². The molecular weight excluding hydrogens is 502 g/mol. The van der Waals surface area contributed by atoms with Gasteiger partial charge in [-0.1, -0.05) is 12.1 Å². The highest BCUT2D eigenvalue weighted by atomic mass is 19.3. The number of aliphatic imine (C=N–C) groups is 1. The van der Waals surface area contributed by atoms with E-state index in [-0.39, 0.29) is 43.0 Å². The lowest BCUT2D eigenvalue weighted by Crippen LogP contribution is -2.59. The molecule has 0 unspecified atom stereocenters. The Morgan fingerprint density at radius 2 is 1.90 bits per heavy atom. The first-order chi connectivity index (χ1) is 18.5. The number of carbonyl (C=O) groups is 3. The summed E-state index contributed by atoms with van der Waals surface area (Å²) < 4.78 is 26.9. The van der Waals surface area contributed by atoms with E-state index in [0.717, 1.165) is 43.5 Å². The van der Waals surface area contributed by atoms with Gasteiger partial charge in [0.15, 0.2) is 0 Å². The van der Waals surface area contributed by atoms with Crippen LogP contribution in [0.3, 0.4) is 0 Å². The number of aryl methyl sites for hydroxylation is 1. The lowest BCUT2D eigenvalue weighted by atomic mass is 9.50. The van der Waals surface area contributed by atoms with Crippen molar-refractivity contribution in [2.24, 2.45) is 16.3 Å². The lowest BCUT2D eigenvalue weighted by Gasteiger charge is -2.56. The third-order valence-corrected chi connectivity index (χ3v) is 9.78. The van der Waals surface area contributed by atoms with Crippen molar-refractivity contribution in [1.82, 2.24) is 15.5 Å². The van der Waals surface area contributed by atoms with Crippen molar-refractivity contribution >= 4 is 29.1 Å². The summed E-state index contributed by atoms with van der Waals surface area (Å²) in [5.41, 5.74) is 3.21. The second-order valence-electron chi connectivity index (χ2n) is 12.9. The van der Waals surface area contributed by atoms with Crippen molar-refractivity contribution in [2.45, 2.75) is 108 Å². The number of halogens is 2. The van der Waals surface area contributed by atoms with Crippen LogP contribution in [-0.2, 0) is 20.8 Å². The van der Waals surface area contributed by atoms with Gasteiger partial charge < -0.3 is 15.5 Å². The number of carbonyl (C=O) groups excluding carboxylic acids is 3. The van der Waals surface area contributed by atoms with Crippen LogP contribution in [0.25, 0.3) is 0 Å². The van der Waals surface area contributed by atoms with Crippen molar-refractivity contribution in [2.75, 3.05) is 6.54 Å². The second-order valence-corrected chi connectivity index (χ2v) is 12.9. The molecule has 0 radical (unpaired) electrons. The number of rotatable bonds is 7. The second kappa shape index (κ2) is 9.37. The van der Waals surface area contributed by atoms with E-state index < -0.39 is 28.8 Å². The largest absolute Gasteiger partial charge is 0.344 e. The van der Waals surface area contributed by atoms with E-state index in [2.05, 4.69) is 23.6 Å². The van der Waals surface area contributed by atoms with Crippen LogP contribution in [0.15, 0.2) is 23.2 Å². The number of benzene rings is 1. The molecule has 1 saturated heterocycles. The highest BCUT2D eigenvalue weighted by molar-refractivity contribution is 6.06. The van der Waals surface area contributed by atoms with Crippen LogP contribution >= 0.6 is 0 Å². The molecule has 39 heavy (non-hydrogen) atoms. The number of hydrogen-bond acceptors (Lipinski definition) is 4. The van der Waals surface area contributed by atoms with Gasteiger partial charge in [0.1, 0.15) is 6.04 Å². The summed E-state index contributed by atoms with van der Waals surface area (Å²) in [4.78, 5) is 46.8. The molecule has 3 aliphatic carbocycles. The molecule has 4 fully saturated rings. The molecule has 7 nitrogen and oxygen atoms in total. The quantitative estimate of drug-likeness (QED) is 0.538. The highest BCUT2D eigenvalue weighted by Crippen LogP contribution is 2.64. The average Bonchev–Trinajstić information content (AvgIpc) is 3.47. The average molecular weight is 541 g/mol. The van der Waals surface area contributed by atoms with Crippen LogP contribution in [0.1, 0.15) is 82.3 Å². The molecule has 2 heterocycles. The number of fused-ring (bicyclic) bond motifs is 1. The molecule has 1 aromatic rings. The monoisotopic (exact) mass is 540 g/mol. The number of piperidine rings is 1. The molecule has 6 rings (SSSR count). The van der Waals surface area contributed by atoms with Crippen molar-refractivity contribution in [3.63, 3.8) is 0 Å². The number of hydrogen-bond donors (Lipinski definition) is 2. The smallest absolute Gasteiger partial charge is 0.249 e. The van der Waals surface area contributed by atoms with Gasteiger partial charge in [-0.05, 0) is 81.4 Å². The zero-order valence-electron chi connectivity index (χ0n) is 22.8. The van der Waals surface area contributed by atoms with Crippen molar-refractivity contribution < 1.29 is 23.2 Å². The van der Waals surface area contributed by atoms with Crippen LogP contribution in [0.2, 0.25) is 0 Å². The summed E-state index contributed by atoms with van der Waals surface area (Å²) in [6.45, 7) is 4.73. The van der Waals surface area contributed by atoms with E-state index in [4.69, 9.17) is 4.99 Å². The van der Waals surface area contributed by atoms with Gasteiger partial charge in [-0.25, -0.2) is 8.78 Å². The number of nitrogens with zero attached hydrogens (tertiary/aromatic N) is 2. The Balaban J connectivity index is 1.14. The minimum absolute atomic E-state index is 0.0989. The Morgan fingerprint density at radius 3 is 2.54 bits per heavy atom. The molecule has 3 amide bonds. The van der Waals surface area contributed by atoms with Crippen LogP contribution < -0.4 is 10.6 Å². The minimum atomic E-state index is -2.62. The Kier molecular flexibility index (Phi) is 6.34. The molecule has 3 saturated carbocycles. The van der Waals surface area contributed by atoms with E-state index in [0.29, 0.717) is 25.8 Å². The predicted molar refractivity (Wildman–Crippen MR) is 143 cm³/mol. The fraction of sp³-hybridized carbons (Fsp3) is 0.667. The molecule has 1 aromatic carbocycles. The number of likely N-dealkylation sites (tertiary alicyclic amines) is 1. The normalized spacial score (nSPS) is 26.5. The summed E-state index contributed by atoms with van der Waals surface area (Å²) >= 11 is 0. The SMILES string of the molecule is Cc1cccc2c1CC(C1(NC(=O)[C@@H](CC(=O)N3CCCC[C@H]3C)NC(=O)C3CC4(C3)CC(F)(F)C4)CC1)=N2. The Hall–Kier alpha value is -2.84. The fourth-order valence-electron chi connectivity index (χ4n) is 7.35. The van der Waals surface area contributed by atoms with Crippen molar-refractivity contribution in [3.05, 3.63) is 29.3 Å². The third kappa shape index (κ3) is 4.97. The summed E-state index contributed by atoms with van der Waals surface area (Å²) in [5.74, 6) is -3.86. The van der Waals surface area contributed by atoms with E-state index in [9.17, 15) is 23.2 Å². The molecule has 1 spiro atoms. The van der Waals surface area contributed by atoms with Crippen molar-refractivity contribution in [3.8, 4) is 0 Å². The fourth-order valence-corrected chi connectivity index (χ4v) is 7.35. The number of nitrogens with one attached hydrogen (secondary N) is 2. The molecule has 2 aliphatic heterocycles. The number of amides is 3. The Labute approximate surface area is 228 Å². The standard InChI is InChI=1S/C30H38F2N4O3/c1-18-6-5-8-22-21(18)12-24(33-22)29(9-10-29)35-27(39)23(13-25(37)36-11-4-3-7-19(36)2)34-26(38)20-14-28(15-20)16-30(31,32)17-28/h5-6,8,19-20,23H,3-4,7,9-17H2,1-2H3,(H,34,38)(H,35,39)/t19-,23-/m1/s1. The molecule has 9 heteroatoms. The van der Waals surface area contributed by atoms with E-state index >= 15 is 0 Å². The van der Waals surface area contributed by atoms with Crippen LogP contribution in [0.4, 0.5) is 14.5 Å². The zero-order valence-corrected chi connectivity index (χ0v) is 22.8. The summed E-state index contributed by atoms with van der Waals surface area (Å²) in [6, 6.07) is 5.11. The maximum Gasteiger partial charge on any atom is 0.249 e. The Morgan fingerprint density at radius 1 is 1.15 bits per heavy atom. The maximum atomic E-state index is 13.7. The van der Waals surface area contributed by atoms with E-state index in [1.54, 1.807) is 0 Å². The number of alkyl halides is 2. The Bertz CT molecular complexity index is 1220. The van der Waals surface area contributed by atoms with Crippen LogP contribution in [-0.4, -0.2) is 58.4 Å².